The van der Waals surface area contributed by atoms with Crippen molar-refractivity contribution in [1.82, 2.24) is 0 Å². The summed E-state index contributed by atoms with van der Waals surface area (Å²) in [5.74, 6) is -0.0775. The number of nitrogens with one attached hydrogen (secondary N) is 1. The molecule has 0 aromatic heterocycles. The number of rotatable bonds is 8. The highest BCUT2D eigenvalue weighted by Gasteiger charge is 2.05. The van der Waals surface area contributed by atoms with E-state index in [0.717, 1.165) is 6.42 Å². The lowest BCUT2D eigenvalue weighted by molar-refractivity contribution is -0.384. The predicted molar refractivity (Wildman–Crippen MR) is 139 cm³/mol. The largest absolute Gasteiger partial charge is 0.326 e. The van der Waals surface area contributed by atoms with Crippen LogP contribution >= 0.6 is 0 Å². The molecule has 0 radical (unpaired) electrons. The molecule has 0 atom stereocenters. The SMILES string of the molecule is C=CC.C=CC.C=CC.C=CCCCCC.CCCC(=O)Nc1ccc([N+](=O)[O-])cc1. The number of benzene rings is 1. The Labute approximate surface area is 190 Å². The third kappa shape index (κ3) is 34.9. The molecule has 31 heavy (non-hydrogen) atoms. The molecule has 1 amide bonds. The van der Waals surface area contributed by atoms with Gasteiger partial charge in [-0.25, -0.2) is 0 Å². The maximum absolute atomic E-state index is 11.2. The normalized spacial score (nSPS) is 7.90. The van der Waals surface area contributed by atoms with Gasteiger partial charge in [0.15, 0.2) is 0 Å². The fourth-order valence-corrected chi connectivity index (χ4v) is 1.66. The Morgan fingerprint density at radius 1 is 0.935 bits per heavy atom. The van der Waals surface area contributed by atoms with Gasteiger partial charge in [0.1, 0.15) is 0 Å². The van der Waals surface area contributed by atoms with E-state index in [2.05, 4.69) is 38.6 Å². The number of carbonyl (C=O) groups is 1. The minimum absolute atomic E-state index is 0.0171. The molecule has 1 rings (SSSR count). The van der Waals surface area contributed by atoms with Crippen LogP contribution < -0.4 is 5.32 Å². The van der Waals surface area contributed by atoms with E-state index in [-0.39, 0.29) is 11.6 Å². The summed E-state index contributed by atoms with van der Waals surface area (Å²) >= 11 is 0. The van der Waals surface area contributed by atoms with Crippen molar-refractivity contribution in [3.8, 4) is 0 Å². The first-order valence-electron chi connectivity index (χ1n) is 10.7. The summed E-state index contributed by atoms with van der Waals surface area (Å²) in [6, 6.07) is 5.76. The van der Waals surface area contributed by atoms with E-state index < -0.39 is 4.92 Å². The highest BCUT2D eigenvalue weighted by Crippen LogP contribution is 2.15. The molecule has 0 saturated heterocycles. The van der Waals surface area contributed by atoms with Gasteiger partial charge in [-0.3, -0.25) is 14.9 Å². The first kappa shape index (κ1) is 35.5. The summed E-state index contributed by atoms with van der Waals surface area (Å²) in [5, 5.41) is 13.0. The number of amides is 1. The number of nitro groups is 1. The average molecular weight is 433 g/mol. The van der Waals surface area contributed by atoms with Gasteiger partial charge in [0.25, 0.3) is 5.69 Å². The summed E-state index contributed by atoms with van der Waals surface area (Å²) < 4.78 is 0. The van der Waals surface area contributed by atoms with E-state index >= 15 is 0 Å². The van der Waals surface area contributed by atoms with Gasteiger partial charge in [-0.15, -0.1) is 26.3 Å². The topological polar surface area (TPSA) is 72.2 Å². The Morgan fingerprint density at radius 3 is 1.71 bits per heavy atom. The molecule has 0 heterocycles. The number of carbonyl (C=O) groups excluding carboxylic acids is 1. The number of allylic oxidation sites excluding steroid dienone is 4. The van der Waals surface area contributed by atoms with Gasteiger partial charge in [-0.1, -0.05) is 51.0 Å². The first-order chi connectivity index (χ1) is 14.8. The molecule has 5 nitrogen and oxygen atoms in total. The van der Waals surface area contributed by atoms with Crippen molar-refractivity contribution in [2.24, 2.45) is 0 Å². The second-order valence-corrected chi connectivity index (χ2v) is 6.11. The molecular weight excluding hydrogens is 388 g/mol. The second-order valence-electron chi connectivity index (χ2n) is 6.11. The molecule has 1 aromatic carbocycles. The van der Waals surface area contributed by atoms with Crippen LogP contribution in [0, 0.1) is 10.1 Å². The van der Waals surface area contributed by atoms with Gasteiger partial charge in [-0.2, -0.15) is 0 Å². The van der Waals surface area contributed by atoms with E-state index in [4.69, 9.17) is 0 Å². The molecule has 1 aromatic rings. The van der Waals surface area contributed by atoms with Crippen LogP contribution in [0.3, 0.4) is 0 Å². The van der Waals surface area contributed by atoms with Crippen molar-refractivity contribution in [3.05, 3.63) is 85.0 Å². The zero-order chi connectivity index (χ0) is 24.9. The second kappa shape index (κ2) is 31.7. The molecule has 0 spiro atoms. The zero-order valence-electron chi connectivity index (χ0n) is 20.4. The Morgan fingerprint density at radius 2 is 1.39 bits per heavy atom. The van der Waals surface area contributed by atoms with Crippen molar-refractivity contribution in [1.29, 1.82) is 0 Å². The van der Waals surface area contributed by atoms with Crippen molar-refractivity contribution < 1.29 is 9.72 Å². The molecule has 0 aliphatic carbocycles. The van der Waals surface area contributed by atoms with Crippen molar-refractivity contribution in [3.63, 3.8) is 0 Å². The van der Waals surface area contributed by atoms with Crippen LogP contribution in [0.2, 0.25) is 0 Å². The van der Waals surface area contributed by atoms with Crippen LogP contribution in [0.25, 0.3) is 0 Å². The number of hydrogen-bond acceptors (Lipinski definition) is 3. The molecule has 0 bridgehead atoms. The summed E-state index contributed by atoms with van der Waals surface area (Å²) in [7, 11) is 0. The monoisotopic (exact) mass is 432 g/mol. The Hall–Kier alpha value is -2.95. The molecule has 1 N–H and O–H groups in total. The van der Waals surface area contributed by atoms with Gasteiger partial charge in [0.05, 0.1) is 4.92 Å². The maximum Gasteiger partial charge on any atom is 0.269 e. The lowest BCUT2D eigenvalue weighted by atomic mass is 10.2. The molecule has 0 aliphatic heterocycles. The predicted octanol–water partition coefficient (Wildman–Crippen LogP) is 8.66. The van der Waals surface area contributed by atoms with Crippen LogP contribution in [0.1, 0.15) is 73.1 Å². The fraction of sp³-hybridized carbons (Fsp3) is 0.423. The van der Waals surface area contributed by atoms with Crippen molar-refractivity contribution in [2.45, 2.75) is 73.1 Å². The molecule has 5 heteroatoms. The number of nitrogens with zero attached hydrogens (tertiary/aromatic N) is 1. The van der Waals surface area contributed by atoms with Gasteiger partial charge in [0, 0.05) is 24.2 Å². The number of hydrogen-bond donors (Lipinski definition) is 1. The van der Waals surface area contributed by atoms with E-state index in [9.17, 15) is 14.9 Å². The summed E-state index contributed by atoms with van der Waals surface area (Å²) in [6.07, 6.45) is 13.6. The highest BCUT2D eigenvalue weighted by molar-refractivity contribution is 5.90. The third-order valence-electron chi connectivity index (χ3n) is 2.85. The average Bonchev–Trinajstić information content (AvgIpc) is 2.71. The lowest BCUT2D eigenvalue weighted by Crippen LogP contribution is -2.10. The van der Waals surface area contributed by atoms with Crippen molar-refractivity contribution >= 4 is 17.3 Å². The van der Waals surface area contributed by atoms with Crippen LogP contribution in [-0.4, -0.2) is 10.8 Å². The smallest absolute Gasteiger partial charge is 0.269 e. The number of unbranched alkanes of at least 4 members (excludes halogenated alkanes) is 3. The zero-order valence-corrected chi connectivity index (χ0v) is 20.4. The number of nitro benzene ring substituents is 1. The number of non-ortho nitro benzene ring substituents is 1. The van der Waals surface area contributed by atoms with Gasteiger partial charge in [0.2, 0.25) is 5.91 Å². The van der Waals surface area contributed by atoms with Gasteiger partial charge < -0.3 is 5.32 Å². The van der Waals surface area contributed by atoms with E-state index in [0.29, 0.717) is 12.1 Å². The van der Waals surface area contributed by atoms with Crippen molar-refractivity contribution in [2.75, 3.05) is 5.32 Å². The van der Waals surface area contributed by atoms with Crippen LogP contribution in [0.5, 0.6) is 0 Å². The minimum atomic E-state index is -0.475. The highest BCUT2D eigenvalue weighted by atomic mass is 16.6. The quantitative estimate of drug-likeness (QED) is 0.193. The summed E-state index contributed by atoms with van der Waals surface area (Å²) in [5.41, 5.74) is 0.600. The maximum atomic E-state index is 11.2. The minimum Gasteiger partial charge on any atom is -0.326 e. The van der Waals surface area contributed by atoms with Crippen LogP contribution in [-0.2, 0) is 4.79 Å². The van der Waals surface area contributed by atoms with Gasteiger partial charge in [-0.05, 0) is 52.2 Å². The standard InChI is InChI=1S/C10H12N2O3.C7H14.3C3H6/c1-2-3-10(13)11-8-4-6-9(7-5-8)12(14)15;1-3-5-7-6-4-2;3*1-3-2/h4-7H,2-3H2,1H3,(H,11,13);3H,1,4-7H2,2H3;3*3H,1H2,2H3. The Kier molecular flexibility index (Phi) is 36.3. The summed E-state index contributed by atoms with van der Waals surface area (Å²) in [4.78, 5) is 21.1. The molecule has 176 valence electrons. The lowest BCUT2D eigenvalue weighted by Gasteiger charge is -2.02. The molecule has 0 unspecified atom stereocenters. The molecule has 0 fully saturated rings. The fourth-order valence-electron chi connectivity index (χ4n) is 1.66. The van der Waals surface area contributed by atoms with Gasteiger partial charge >= 0.3 is 0 Å². The van der Waals surface area contributed by atoms with E-state index in [1.165, 1.54) is 49.9 Å². The van der Waals surface area contributed by atoms with E-state index in [1.807, 2.05) is 33.8 Å². The Bertz CT molecular complexity index is 565. The Balaban J connectivity index is -0.000000189. The summed E-state index contributed by atoms with van der Waals surface area (Å²) in [6.45, 7) is 23.5. The van der Waals surface area contributed by atoms with Crippen LogP contribution in [0.15, 0.2) is 74.9 Å². The molecule has 0 saturated carbocycles. The number of anilines is 1. The van der Waals surface area contributed by atoms with E-state index in [1.54, 1.807) is 18.2 Å². The first-order valence-corrected chi connectivity index (χ1v) is 10.7. The van der Waals surface area contributed by atoms with Crippen LogP contribution in [0.4, 0.5) is 11.4 Å². The third-order valence-corrected chi connectivity index (χ3v) is 2.85. The molecule has 0 aliphatic rings. The molecular formula is C26H44N2O3.